The van der Waals surface area contributed by atoms with Crippen LogP contribution in [-0.2, 0) is 10.0 Å². The zero-order valence-electron chi connectivity index (χ0n) is 17.8. The van der Waals surface area contributed by atoms with Gasteiger partial charge in [-0.25, -0.2) is 13.4 Å². The van der Waals surface area contributed by atoms with Crippen LogP contribution < -0.4 is 5.32 Å². The lowest BCUT2D eigenvalue weighted by molar-refractivity contribution is 0.0940. The van der Waals surface area contributed by atoms with Crippen molar-refractivity contribution in [2.45, 2.75) is 37.6 Å². The SMILES string of the molecule is Cc1nc(-c2ccccc2)sc1C(C)NC(=O)c1cc(S(=O)(=O)N2CCCC2)ccc1Cl. The van der Waals surface area contributed by atoms with E-state index in [1.165, 1.54) is 33.8 Å². The van der Waals surface area contributed by atoms with E-state index in [0.29, 0.717) is 13.1 Å². The third-order valence-electron chi connectivity index (χ3n) is 5.48. The van der Waals surface area contributed by atoms with Crippen LogP contribution in [0.3, 0.4) is 0 Å². The third-order valence-corrected chi connectivity index (χ3v) is 9.09. The Bertz CT molecular complexity index is 1240. The maximum Gasteiger partial charge on any atom is 0.253 e. The predicted molar refractivity (Wildman–Crippen MR) is 128 cm³/mol. The second-order valence-electron chi connectivity index (χ2n) is 7.78. The molecule has 1 N–H and O–H groups in total. The fourth-order valence-electron chi connectivity index (χ4n) is 3.77. The van der Waals surface area contributed by atoms with E-state index in [9.17, 15) is 13.2 Å². The van der Waals surface area contributed by atoms with Crippen molar-refractivity contribution in [3.63, 3.8) is 0 Å². The zero-order chi connectivity index (χ0) is 22.9. The van der Waals surface area contributed by atoms with Gasteiger partial charge in [0.2, 0.25) is 10.0 Å². The normalized spacial score (nSPS) is 15.6. The highest BCUT2D eigenvalue weighted by atomic mass is 35.5. The van der Waals surface area contributed by atoms with Crippen LogP contribution in [0.25, 0.3) is 10.6 Å². The highest BCUT2D eigenvalue weighted by Gasteiger charge is 2.28. The zero-order valence-corrected chi connectivity index (χ0v) is 20.2. The highest BCUT2D eigenvalue weighted by Crippen LogP contribution is 2.32. The molecule has 0 radical (unpaired) electrons. The quantitative estimate of drug-likeness (QED) is 0.525. The van der Waals surface area contributed by atoms with Gasteiger partial charge in [0.05, 0.1) is 32.1 Å². The molecule has 32 heavy (non-hydrogen) atoms. The summed E-state index contributed by atoms with van der Waals surface area (Å²) in [6.45, 7) is 4.79. The number of sulfonamides is 1. The van der Waals surface area contributed by atoms with E-state index in [0.717, 1.165) is 34.0 Å². The van der Waals surface area contributed by atoms with Crippen molar-refractivity contribution in [2.75, 3.05) is 13.1 Å². The van der Waals surface area contributed by atoms with Crippen LogP contribution in [-0.4, -0.2) is 36.7 Å². The van der Waals surface area contributed by atoms with Gasteiger partial charge in [-0.1, -0.05) is 41.9 Å². The molecule has 1 amide bonds. The highest BCUT2D eigenvalue weighted by molar-refractivity contribution is 7.89. The smallest absolute Gasteiger partial charge is 0.253 e. The van der Waals surface area contributed by atoms with Gasteiger partial charge >= 0.3 is 0 Å². The summed E-state index contributed by atoms with van der Waals surface area (Å²) in [6.07, 6.45) is 1.69. The van der Waals surface area contributed by atoms with Gasteiger partial charge in [0, 0.05) is 18.7 Å². The number of carbonyl (C=O) groups is 1. The van der Waals surface area contributed by atoms with E-state index in [1.54, 1.807) is 0 Å². The number of benzene rings is 2. The molecule has 1 unspecified atom stereocenters. The van der Waals surface area contributed by atoms with Crippen LogP contribution in [0.1, 0.15) is 46.7 Å². The van der Waals surface area contributed by atoms with Crippen LogP contribution >= 0.6 is 22.9 Å². The second-order valence-corrected chi connectivity index (χ2v) is 11.2. The molecule has 2 heterocycles. The van der Waals surface area contributed by atoms with Gasteiger partial charge in [0.1, 0.15) is 5.01 Å². The van der Waals surface area contributed by atoms with E-state index >= 15 is 0 Å². The number of nitrogens with one attached hydrogen (secondary N) is 1. The van der Waals surface area contributed by atoms with E-state index in [-0.39, 0.29) is 21.5 Å². The molecule has 1 aromatic heterocycles. The molecule has 0 saturated carbocycles. The van der Waals surface area contributed by atoms with Crippen molar-refractivity contribution in [2.24, 2.45) is 0 Å². The first-order valence-corrected chi connectivity index (χ1v) is 13.0. The Morgan fingerprint density at radius 3 is 2.53 bits per heavy atom. The third kappa shape index (κ3) is 4.59. The summed E-state index contributed by atoms with van der Waals surface area (Å²) in [4.78, 5) is 18.7. The molecule has 1 atom stereocenters. The first-order chi connectivity index (χ1) is 15.3. The molecule has 3 aromatic rings. The van der Waals surface area contributed by atoms with E-state index < -0.39 is 15.9 Å². The maximum absolute atomic E-state index is 13.0. The van der Waals surface area contributed by atoms with Gasteiger partial charge in [-0.05, 0) is 44.9 Å². The number of nitrogens with zero attached hydrogens (tertiary/aromatic N) is 2. The monoisotopic (exact) mass is 489 g/mol. The van der Waals surface area contributed by atoms with Crippen LogP contribution in [0.4, 0.5) is 0 Å². The molecule has 168 valence electrons. The molecule has 4 rings (SSSR count). The standard InChI is InChI=1S/C23H24ClN3O3S2/c1-15(21-16(2)26-23(31-21)17-8-4-3-5-9-17)25-22(28)19-14-18(10-11-20(19)24)32(29,30)27-12-6-7-13-27/h3-5,8-11,14-15H,6-7,12-13H2,1-2H3,(H,25,28). The van der Waals surface area contributed by atoms with Crippen molar-refractivity contribution in [1.82, 2.24) is 14.6 Å². The average Bonchev–Trinajstić information content (AvgIpc) is 3.45. The summed E-state index contributed by atoms with van der Waals surface area (Å²) in [6, 6.07) is 13.8. The molecule has 1 aliphatic heterocycles. The fraction of sp³-hybridized carbons (Fsp3) is 0.304. The fourth-order valence-corrected chi connectivity index (χ4v) is 6.59. The van der Waals surface area contributed by atoms with Gasteiger partial charge in [0.15, 0.2) is 0 Å². The van der Waals surface area contributed by atoms with Crippen molar-refractivity contribution in [1.29, 1.82) is 0 Å². The van der Waals surface area contributed by atoms with Gasteiger partial charge in [-0.2, -0.15) is 4.31 Å². The van der Waals surface area contributed by atoms with Crippen LogP contribution in [0.5, 0.6) is 0 Å². The number of rotatable bonds is 6. The van der Waals surface area contributed by atoms with E-state index in [4.69, 9.17) is 11.6 Å². The first kappa shape index (κ1) is 22.9. The lowest BCUT2D eigenvalue weighted by Gasteiger charge is -2.17. The summed E-state index contributed by atoms with van der Waals surface area (Å²) < 4.78 is 27.2. The summed E-state index contributed by atoms with van der Waals surface area (Å²) >= 11 is 7.79. The molecular weight excluding hydrogens is 466 g/mol. The molecule has 2 aromatic carbocycles. The minimum atomic E-state index is -3.64. The number of halogens is 1. The Hall–Kier alpha value is -2.26. The van der Waals surface area contributed by atoms with Gasteiger partial charge in [-0.3, -0.25) is 4.79 Å². The minimum absolute atomic E-state index is 0.0851. The number of hydrogen-bond acceptors (Lipinski definition) is 5. The van der Waals surface area contributed by atoms with Gasteiger partial charge in [-0.15, -0.1) is 11.3 Å². The second kappa shape index (κ2) is 9.31. The largest absolute Gasteiger partial charge is 0.345 e. The minimum Gasteiger partial charge on any atom is -0.345 e. The average molecular weight is 490 g/mol. The Kier molecular flexibility index (Phi) is 6.67. The summed E-state index contributed by atoms with van der Waals surface area (Å²) in [7, 11) is -3.64. The summed E-state index contributed by atoms with van der Waals surface area (Å²) in [5.41, 5.74) is 2.01. The van der Waals surface area contributed by atoms with E-state index in [2.05, 4.69) is 10.3 Å². The maximum atomic E-state index is 13.0. The topological polar surface area (TPSA) is 79.4 Å². The Balaban J connectivity index is 1.56. The molecule has 0 spiro atoms. The predicted octanol–water partition coefficient (Wildman–Crippen LogP) is 5.05. The lowest BCUT2D eigenvalue weighted by Crippen LogP contribution is -2.29. The molecule has 1 saturated heterocycles. The summed E-state index contributed by atoms with van der Waals surface area (Å²) in [5, 5.41) is 4.04. The van der Waals surface area contributed by atoms with Crippen LogP contribution in [0, 0.1) is 6.92 Å². The number of aryl methyl sites for hydroxylation is 1. The molecule has 0 aliphatic carbocycles. The van der Waals surface area contributed by atoms with Gasteiger partial charge < -0.3 is 5.32 Å². The van der Waals surface area contributed by atoms with Crippen LogP contribution in [0.2, 0.25) is 5.02 Å². The first-order valence-electron chi connectivity index (χ1n) is 10.4. The number of amides is 1. The Labute approximate surface area is 197 Å². The Morgan fingerprint density at radius 2 is 1.84 bits per heavy atom. The molecule has 1 aliphatic rings. The lowest BCUT2D eigenvalue weighted by atomic mass is 10.1. The van der Waals surface area contributed by atoms with E-state index in [1.807, 2.05) is 44.2 Å². The molecular formula is C23H24ClN3O3S2. The number of aromatic nitrogens is 1. The van der Waals surface area contributed by atoms with Crippen molar-refractivity contribution in [3.8, 4) is 10.6 Å². The van der Waals surface area contributed by atoms with Crippen molar-refractivity contribution < 1.29 is 13.2 Å². The number of hydrogen-bond donors (Lipinski definition) is 1. The van der Waals surface area contributed by atoms with Crippen LogP contribution in [0.15, 0.2) is 53.4 Å². The Morgan fingerprint density at radius 1 is 1.16 bits per heavy atom. The number of thiazole rings is 1. The van der Waals surface area contributed by atoms with Crippen molar-refractivity contribution in [3.05, 3.63) is 69.7 Å². The van der Waals surface area contributed by atoms with Gasteiger partial charge in [0.25, 0.3) is 5.91 Å². The molecule has 1 fully saturated rings. The number of carbonyl (C=O) groups excluding carboxylic acids is 1. The molecule has 9 heteroatoms. The molecule has 6 nitrogen and oxygen atoms in total. The van der Waals surface area contributed by atoms with Crippen molar-refractivity contribution >= 4 is 38.9 Å². The summed E-state index contributed by atoms with van der Waals surface area (Å²) in [5.74, 6) is -0.421. The molecule has 0 bridgehead atoms.